The molecule has 0 unspecified atom stereocenters. The number of nitrogens with zero attached hydrogens (tertiary/aromatic N) is 2. The minimum absolute atomic E-state index is 0.255. The second-order valence-electron chi connectivity index (χ2n) is 6.55. The van der Waals surface area contributed by atoms with Crippen LogP contribution < -0.4 is 9.64 Å². The van der Waals surface area contributed by atoms with Crippen LogP contribution >= 0.6 is 0 Å². The lowest BCUT2D eigenvalue weighted by Crippen LogP contribution is -2.35. The van der Waals surface area contributed by atoms with Crippen molar-refractivity contribution in [1.29, 1.82) is 0 Å². The Balaban J connectivity index is 1.64. The third kappa shape index (κ3) is 3.87. The van der Waals surface area contributed by atoms with Crippen LogP contribution in [0.4, 0.5) is 27.6 Å². The average Bonchev–Trinajstić information content (AvgIpc) is 3.09. The fraction of sp³-hybridized carbons (Fsp3) is 0.263. The lowest BCUT2D eigenvalue weighted by atomic mass is 10.00. The van der Waals surface area contributed by atoms with Crippen LogP contribution in [0.2, 0.25) is 0 Å². The molecule has 0 saturated carbocycles. The molecule has 2 aromatic carbocycles. The second-order valence-corrected chi connectivity index (χ2v) is 6.55. The molecule has 5 nitrogen and oxygen atoms in total. The van der Waals surface area contributed by atoms with E-state index in [2.05, 4.69) is 14.7 Å². The van der Waals surface area contributed by atoms with Gasteiger partial charge in [-0.15, -0.1) is 13.2 Å². The number of hydrogen-bond donors (Lipinski definition) is 1. The molecule has 0 saturated heterocycles. The molecule has 4 rings (SSSR count). The fourth-order valence-corrected chi connectivity index (χ4v) is 3.40. The van der Waals surface area contributed by atoms with Crippen LogP contribution in [0.5, 0.6) is 5.75 Å². The molecule has 0 fully saturated rings. The van der Waals surface area contributed by atoms with E-state index in [-0.39, 0.29) is 17.2 Å². The van der Waals surface area contributed by atoms with Crippen LogP contribution in [0.25, 0.3) is 11.0 Å². The molecule has 0 bridgehead atoms. The number of hydrogen-bond acceptors (Lipinski definition) is 3. The molecule has 29 heavy (non-hydrogen) atoms. The number of benzene rings is 2. The molecule has 10 heteroatoms. The van der Waals surface area contributed by atoms with Gasteiger partial charge in [-0.1, -0.05) is 0 Å². The van der Waals surface area contributed by atoms with E-state index in [0.717, 1.165) is 6.07 Å². The molecule has 1 N–H and O–H groups in total. The van der Waals surface area contributed by atoms with Crippen molar-refractivity contribution in [2.75, 3.05) is 11.4 Å². The molecular formula is C19H14F5N3O2. The van der Waals surface area contributed by atoms with E-state index in [1.165, 1.54) is 35.2 Å². The van der Waals surface area contributed by atoms with Gasteiger partial charge in [-0.2, -0.15) is 0 Å². The number of imidazole rings is 1. The number of ether oxygens (including phenoxy) is 1. The maximum atomic E-state index is 13.0. The highest BCUT2D eigenvalue weighted by molar-refractivity contribution is 6.08. The Labute approximate surface area is 161 Å². The minimum Gasteiger partial charge on any atom is -0.406 e. The number of amides is 1. The Morgan fingerprint density at radius 1 is 1.17 bits per heavy atom. The van der Waals surface area contributed by atoms with Crippen LogP contribution in [0.15, 0.2) is 36.4 Å². The van der Waals surface area contributed by atoms with Gasteiger partial charge in [0.05, 0.1) is 11.0 Å². The van der Waals surface area contributed by atoms with Crippen molar-refractivity contribution in [2.24, 2.45) is 0 Å². The molecule has 0 atom stereocenters. The van der Waals surface area contributed by atoms with E-state index < -0.39 is 18.6 Å². The standard InChI is InChI=1S/C19H14F5N3O2/c20-16(21)17-25-13-5-3-11(9-14(13)26-17)18(28)27-7-1-2-10-8-12(4-6-15(10)27)29-19(22,23)24/h3-6,8-9,16H,1-2,7H2,(H,25,26). The minimum atomic E-state index is -4.80. The summed E-state index contributed by atoms with van der Waals surface area (Å²) in [5.41, 5.74) is 1.93. The van der Waals surface area contributed by atoms with E-state index in [1.54, 1.807) is 0 Å². The van der Waals surface area contributed by atoms with Gasteiger partial charge in [0.15, 0.2) is 5.82 Å². The summed E-state index contributed by atoms with van der Waals surface area (Å²) < 4.78 is 66.9. The van der Waals surface area contributed by atoms with Crippen molar-refractivity contribution in [2.45, 2.75) is 25.6 Å². The van der Waals surface area contributed by atoms with Gasteiger partial charge in [0, 0.05) is 17.8 Å². The topological polar surface area (TPSA) is 58.2 Å². The number of fused-ring (bicyclic) bond motifs is 2. The van der Waals surface area contributed by atoms with Gasteiger partial charge in [0.1, 0.15) is 5.75 Å². The number of alkyl halides is 5. The lowest BCUT2D eigenvalue weighted by Gasteiger charge is -2.30. The van der Waals surface area contributed by atoms with Gasteiger partial charge >= 0.3 is 6.36 Å². The highest BCUT2D eigenvalue weighted by Gasteiger charge is 2.32. The first kappa shape index (κ1) is 19.2. The summed E-state index contributed by atoms with van der Waals surface area (Å²) in [4.78, 5) is 20.7. The first-order valence-electron chi connectivity index (χ1n) is 8.69. The Morgan fingerprint density at radius 3 is 2.69 bits per heavy atom. The Hall–Kier alpha value is -3.17. The number of H-pyrrole nitrogens is 1. The molecule has 152 valence electrons. The van der Waals surface area contributed by atoms with E-state index in [1.807, 2.05) is 0 Å². The third-order valence-corrected chi connectivity index (χ3v) is 4.60. The first-order valence-corrected chi connectivity index (χ1v) is 8.69. The monoisotopic (exact) mass is 411 g/mol. The second kappa shape index (κ2) is 7.02. The first-order chi connectivity index (χ1) is 13.7. The van der Waals surface area contributed by atoms with Gasteiger partial charge in [-0.25, -0.2) is 13.8 Å². The number of nitrogens with one attached hydrogen (secondary N) is 1. The lowest BCUT2D eigenvalue weighted by molar-refractivity contribution is -0.274. The van der Waals surface area contributed by atoms with Crippen molar-refractivity contribution in [1.82, 2.24) is 9.97 Å². The zero-order chi connectivity index (χ0) is 20.8. The average molecular weight is 411 g/mol. The number of aromatic amines is 1. The summed E-state index contributed by atoms with van der Waals surface area (Å²) in [5.74, 6) is -1.21. The maximum Gasteiger partial charge on any atom is 0.573 e. The van der Waals surface area contributed by atoms with E-state index in [9.17, 15) is 26.7 Å². The molecule has 1 aliphatic rings. The molecule has 3 aromatic rings. The van der Waals surface area contributed by atoms with Crippen LogP contribution in [0.1, 0.15) is 34.6 Å². The van der Waals surface area contributed by atoms with Crippen molar-refractivity contribution in [3.05, 3.63) is 53.3 Å². The summed E-state index contributed by atoms with van der Waals surface area (Å²) in [6, 6.07) is 8.23. The van der Waals surface area contributed by atoms with Crippen LogP contribution in [0, 0.1) is 0 Å². The largest absolute Gasteiger partial charge is 0.573 e. The maximum absolute atomic E-state index is 13.0. The molecule has 1 aliphatic heterocycles. The third-order valence-electron chi connectivity index (χ3n) is 4.60. The van der Waals surface area contributed by atoms with E-state index in [4.69, 9.17) is 0 Å². The van der Waals surface area contributed by atoms with Crippen LogP contribution in [0.3, 0.4) is 0 Å². The Morgan fingerprint density at radius 2 is 1.97 bits per heavy atom. The molecule has 0 aliphatic carbocycles. The van der Waals surface area contributed by atoms with Crippen molar-refractivity contribution < 1.29 is 31.5 Å². The summed E-state index contributed by atoms with van der Waals surface area (Å²) in [5, 5.41) is 0. The quantitative estimate of drug-likeness (QED) is 0.618. The smallest absolute Gasteiger partial charge is 0.406 e. The number of carbonyl (C=O) groups excluding carboxylic acids is 1. The highest BCUT2D eigenvalue weighted by Crippen LogP contribution is 2.33. The summed E-state index contributed by atoms with van der Waals surface area (Å²) >= 11 is 0. The zero-order valence-corrected chi connectivity index (χ0v) is 14.8. The Kier molecular flexibility index (Phi) is 4.64. The van der Waals surface area contributed by atoms with Gasteiger partial charge in [-0.3, -0.25) is 4.79 Å². The summed E-state index contributed by atoms with van der Waals surface area (Å²) in [6.07, 6.45) is -6.49. The van der Waals surface area contributed by atoms with E-state index >= 15 is 0 Å². The highest BCUT2D eigenvalue weighted by atomic mass is 19.4. The normalized spacial score (nSPS) is 14.3. The number of aromatic nitrogens is 2. The number of anilines is 1. The molecule has 1 amide bonds. The van der Waals surface area contributed by atoms with Crippen molar-refractivity contribution >= 4 is 22.6 Å². The van der Waals surface area contributed by atoms with Gasteiger partial charge in [0.25, 0.3) is 12.3 Å². The summed E-state index contributed by atoms with van der Waals surface area (Å²) in [7, 11) is 0. The fourth-order valence-electron chi connectivity index (χ4n) is 3.40. The predicted molar refractivity (Wildman–Crippen MR) is 94.2 cm³/mol. The van der Waals surface area contributed by atoms with Crippen LogP contribution in [-0.2, 0) is 6.42 Å². The van der Waals surface area contributed by atoms with Crippen LogP contribution in [-0.4, -0.2) is 28.8 Å². The van der Waals surface area contributed by atoms with Gasteiger partial charge < -0.3 is 14.6 Å². The molecule has 0 radical (unpaired) electrons. The molecular weight excluding hydrogens is 397 g/mol. The number of aryl methyl sites for hydroxylation is 1. The molecule has 1 aromatic heterocycles. The SMILES string of the molecule is O=C(c1ccc2nc(C(F)F)[nH]c2c1)N1CCCc2cc(OC(F)(F)F)ccc21. The van der Waals surface area contributed by atoms with Crippen molar-refractivity contribution in [3.8, 4) is 5.75 Å². The zero-order valence-electron chi connectivity index (χ0n) is 14.8. The molecule has 2 heterocycles. The number of carbonyl (C=O) groups is 1. The number of halogens is 5. The molecule has 0 spiro atoms. The summed E-state index contributed by atoms with van der Waals surface area (Å²) in [6.45, 7) is 0.384. The van der Waals surface area contributed by atoms with Crippen molar-refractivity contribution in [3.63, 3.8) is 0 Å². The predicted octanol–water partition coefficient (Wildman–Crippen LogP) is 4.99. The van der Waals surface area contributed by atoms with Gasteiger partial charge in [0.2, 0.25) is 0 Å². The number of rotatable bonds is 3. The van der Waals surface area contributed by atoms with Gasteiger partial charge in [-0.05, 0) is 54.8 Å². The Bertz CT molecular complexity index is 1080. The van der Waals surface area contributed by atoms with E-state index in [0.29, 0.717) is 41.7 Å².